The number of carbonyl (C=O) groups is 2. The Labute approximate surface area is 114 Å². The van der Waals surface area contributed by atoms with Gasteiger partial charge in [0, 0.05) is 12.8 Å². The van der Waals surface area contributed by atoms with Crippen molar-refractivity contribution in [3.8, 4) is 0 Å². The third-order valence-electron chi connectivity index (χ3n) is 3.16. The van der Waals surface area contributed by atoms with Gasteiger partial charge < -0.3 is 4.84 Å². The highest BCUT2D eigenvalue weighted by Gasteiger charge is 2.42. The quantitative estimate of drug-likeness (QED) is 0.244. The van der Waals surface area contributed by atoms with Crippen LogP contribution in [-0.2, 0) is 14.4 Å². The number of hydrogen-bond acceptors (Lipinski definition) is 4. The summed E-state index contributed by atoms with van der Waals surface area (Å²) in [5, 5.41) is 3.98. The van der Waals surface area contributed by atoms with Crippen LogP contribution in [0.3, 0.4) is 0 Å². The SMILES string of the molecule is C=CCON=C(CCC)C1C(=O)CC(C)(C)CC1=O. The van der Waals surface area contributed by atoms with E-state index in [-0.39, 0.29) is 23.6 Å². The van der Waals surface area contributed by atoms with E-state index < -0.39 is 5.92 Å². The van der Waals surface area contributed by atoms with Crippen molar-refractivity contribution in [3.63, 3.8) is 0 Å². The number of ketones is 2. The summed E-state index contributed by atoms with van der Waals surface area (Å²) in [4.78, 5) is 29.4. The normalized spacial score (nSPS) is 20.5. The molecule has 0 aromatic heterocycles. The van der Waals surface area contributed by atoms with Crippen LogP contribution in [0.15, 0.2) is 17.8 Å². The summed E-state index contributed by atoms with van der Waals surface area (Å²) >= 11 is 0. The summed E-state index contributed by atoms with van der Waals surface area (Å²) < 4.78 is 0. The van der Waals surface area contributed by atoms with Gasteiger partial charge in [0.1, 0.15) is 24.1 Å². The first-order valence-electron chi connectivity index (χ1n) is 6.76. The predicted octanol–water partition coefficient (Wildman–Crippen LogP) is 2.92. The van der Waals surface area contributed by atoms with Crippen LogP contribution in [0.2, 0.25) is 0 Å². The summed E-state index contributed by atoms with van der Waals surface area (Å²) in [6.45, 7) is 9.71. The fourth-order valence-electron chi connectivity index (χ4n) is 2.43. The van der Waals surface area contributed by atoms with Crippen LogP contribution in [0.4, 0.5) is 0 Å². The lowest BCUT2D eigenvalue weighted by molar-refractivity contribution is -0.136. The van der Waals surface area contributed by atoms with Gasteiger partial charge in [0.2, 0.25) is 0 Å². The maximum Gasteiger partial charge on any atom is 0.149 e. The van der Waals surface area contributed by atoms with Crippen LogP contribution in [0.1, 0.15) is 46.5 Å². The summed E-state index contributed by atoms with van der Waals surface area (Å²) in [5.41, 5.74) is 0.332. The number of oxime groups is 1. The van der Waals surface area contributed by atoms with Crippen molar-refractivity contribution >= 4 is 17.3 Å². The monoisotopic (exact) mass is 265 g/mol. The molecule has 0 heterocycles. The molecule has 0 saturated heterocycles. The molecule has 0 unspecified atom stereocenters. The molecule has 106 valence electrons. The molecule has 1 rings (SSSR count). The van der Waals surface area contributed by atoms with Crippen molar-refractivity contribution in [2.24, 2.45) is 16.5 Å². The topological polar surface area (TPSA) is 55.7 Å². The molecule has 0 aromatic carbocycles. The van der Waals surface area contributed by atoms with E-state index in [0.717, 1.165) is 6.42 Å². The van der Waals surface area contributed by atoms with Crippen molar-refractivity contribution in [2.75, 3.05) is 6.61 Å². The van der Waals surface area contributed by atoms with E-state index in [1.165, 1.54) is 0 Å². The van der Waals surface area contributed by atoms with E-state index in [9.17, 15) is 9.59 Å². The van der Waals surface area contributed by atoms with Gasteiger partial charge in [-0.3, -0.25) is 9.59 Å². The average molecular weight is 265 g/mol. The molecule has 4 heteroatoms. The molecule has 0 aliphatic heterocycles. The predicted molar refractivity (Wildman–Crippen MR) is 75.0 cm³/mol. The molecule has 4 nitrogen and oxygen atoms in total. The van der Waals surface area contributed by atoms with Gasteiger partial charge in [0.15, 0.2) is 0 Å². The minimum absolute atomic E-state index is 0.0318. The summed E-state index contributed by atoms with van der Waals surface area (Å²) in [6.07, 6.45) is 3.87. The van der Waals surface area contributed by atoms with Gasteiger partial charge in [-0.2, -0.15) is 0 Å². The Bertz CT molecular complexity index is 376. The Kier molecular flexibility index (Phi) is 5.45. The highest BCUT2D eigenvalue weighted by Crippen LogP contribution is 2.34. The molecule has 1 saturated carbocycles. The lowest BCUT2D eigenvalue weighted by Crippen LogP contribution is -2.41. The second-order valence-corrected chi connectivity index (χ2v) is 5.80. The summed E-state index contributed by atoms with van der Waals surface area (Å²) in [5.74, 6) is -0.760. The van der Waals surface area contributed by atoms with Crippen LogP contribution in [0.5, 0.6) is 0 Å². The molecule has 0 aromatic rings. The second-order valence-electron chi connectivity index (χ2n) is 5.80. The largest absolute Gasteiger partial charge is 0.392 e. The van der Waals surface area contributed by atoms with E-state index in [0.29, 0.717) is 25.0 Å². The Morgan fingerprint density at radius 1 is 1.42 bits per heavy atom. The van der Waals surface area contributed by atoms with E-state index in [2.05, 4.69) is 11.7 Å². The number of hydrogen-bond donors (Lipinski definition) is 0. The highest BCUT2D eigenvalue weighted by atomic mass is 16.6. The van der Waals surface area contributed by atoms with Gasteiger partial charge in [-0.15, -0.1) is 0 Å². The molecule has 0 radical (unpaired) electrons. The van der Waals surface area contributed by atoms with Gasteiger partial charge in [-0.1, -0.05) is 45.0 Å². The van der Waals surface area contributed by atoms with Gasteiger partial charge >= 0.3 is 0 Å². The maximum atomic E-state index is 12.2. The minimum atomic E-state index is -0.696. The molecular weight excluding hydrogens is 242 g/mol. The molecular formula is C15H23NO3. The van der Waals surface area contributed by atoms with Gasteiger partial charge in [0.05, 0.1) is 5.71 Å². The van der Waals surface area contributed by atoms with E-state index in [4.69, 9.17) is 4.84 Å². The van der Waals surface area contributed by atoms with Crippen molar-refractivity contribution in [1.82, 2.24) is 0 Å². The van der Waals surface area contributed by atoms with Gasteiger partial charge in [-0.25, -0.2) is 0 Å². The Morgan fingerprint density at radius 2 is 2.00 bits per heavy atom. The number of rotatable bonds is 6. The number of Topliss-reactive ketones (excluding diaryl/α,β-unsaturated/α-hetero) is 2. The van der Waals surface area contributed by atoms with Gasteiger partial charge in [0.25, 0.3) is 0 Å². The fourth-order valence-corrected chi connectivity index (χ4v) is 2.43. The first kappa shape index (κ1) is 15.6. The van der Waals surface area contributed by atoms with Crippen molar-refractivity contribution in [3.05, 3.63) is 12.7 Å². The standard InChI is InChI=1S/C15H23NO3/c1-5-7-11(16-19-8-6-2)14-12(17)9-15(3,4)10-13(14)18/h6,14H,2,5,7-10H2,1,3-4H3. The second kappa shape index (κ2) is 6.64. The van der Waals surface area contributed by atoms with Gasteiger partial charge in [-0.05, 0) is 11.8 Å². The lowest BCUT2D eigenvalue weighted by Gasteiger charge is -2.32. The Balaban J connectivity index is 2.89. The minimum Gasteiger partial charge on any atom is -0.392 e. The average Bonchev–Trinajstić information content (AvgIpc) is 2.26. The third-order valence-corrected chi connectivity index (χ3v) is 3.16. The molecule has 0 spiro atoms. The van der Waals surface area contributed by atoms with Crippen LogP contribution in [0, 0.1) is 11.3 Å². The molecule has 1 aliphatic rings. The summed E-state index contributed by atoms with van der Waals surface area (Å²) in [6, 6.07) is 0. The zero-order valence-electron chi connectivity index (χ0n) is 12.1. The first-order valence-corrected chi connectivity index (χ1v) is 6.76. The molecule has 0 atom stereocenters. The Morgan fingerprint density at radius 3 is 2.47 bits per heavy atom. The van der Waals surface area contributed by atoms with E-state index in [1.807, 2.05) is 20.8 Å². The molecule has 19 heavy (non-hydrogen) atoms. The number of nitrogens with zero attached hydrogens (tertiary/aromatic N) is 1. The van der Waals surface area contributed by atoms with E-state index in [1.54, 1.807) is 6.08 Å². The first-order chi connectivity index (χ1) is 8.91. The molecule has 1 aliphatic carbocycles. The molecule has 0 bridgehead atoms. The van der Waals surface area contributed by atoms with Crippen LogP contribution in [0.25, 0.3) is 0 Å². The van der Waals surface area contributed by atoms with Crippen LogP contribution in [-0.4, -0.2) is 23.9 Å². The summed E-state index contributed by atoms with van der Waals surface area (Å²) in [7, 11) is 0. The van der Waals surface area contributed by atoms with Crippen molar-refractivity contribution in [2.45, 2.75) is 46.5 Å². The maximum absolute atomic E-state index is 12.2. The highest BCUT2D eigenvalue weighted by molar-refractivity contribution is 6.22. The van der Waals surface area contributed by atoms with Crippen molar-refractivity contribution < 1.29 is 14.4 Å². The van der Waals surface area contributed by atoms with Crippen LogP contribution < -0.4 is 0 Å². The number of carbonyl (C=O) groups excluding carboxylic acids is 2. The van der Waals surface area contributed by atoms with Crippen molar-refractivity contribution in [1.29, 1.82) is 0 Å². The zero-order chi connectivity index (χ0) is 14.5. The zero-order valence-corrected chi connectivity index (χ0v) is 12.1. The smallest absolute Gasteiger partial charge is 0.149 e. The third kappa shape index (κ3) is 4.30. The molecule has 0 N–H and O–H groups in total. The van der Waals surface area contributed by atoms with E-state index >= 15 is 0 Å². The molecule has 1 fully saturated rings. The fraction of sp³-hybridized carbons (Fsp3) is 0.667. The lowest BCUT2D eigenvalue weighted by atomic mass is 9.70. The Hall–Kier alpha value is -1.45. The molecule has 0 amide bonds. The van der Waals surface area contributed by atoms with Crippen LogP contribution >= 0.6 is 0 Å².